The Bertz CT molecular complexity index is 698. The van der Waals surface area contributed by atoms with Gasteiger partial charge < -0.3 is 25.3 Å². The van der Waals surface area contributed by atoms with Crippen LogP contribution in [-0.2, 0) is 23.7 Å². The van der Waals surface area contributed by atoms with Crippen molar-refractivity contribution in [2.75, 3.05) is 78.7 Å². The van der Waals surface area contributed by atoms with E-state index >= 15 is 0 Å². The van der Waals surface area contributed by atoms with Gasteiger partial charge in [0.25, 0.3) is 0 Å². The van der Waals surface area contributed by atoms with Crippen LogP contribution >= 0.6 is 7.37 Å². The minimum atomic E-state index is -4.12. The van der Waals surface area contributed by atoms with E-state index in [4.69, 9.17) is 5.11 Å². The standard InChI is InChI=1S/C17H31N4O10P/c1-32(30,31)16(17(28)29)21-8-6-19(11-14(24)25)4-2-18(10-13(22)23)3-5-20(7-9-21)12-15(26)27/h16H,2-12H2,1H3,(H,22,23)(H,24,25)(H,26,27)(H,28,29)(H,30,31). The number of aliphatic carboxylic acids is 4. The second-order valence-corrected chi connectivity index (χ2v) is 10.1. The van der Waals surface area contributed by atoms with Crippen LogP contribution in [0.25, 0.3) is 0 Å². The molecule has 1 heterocycles. The first-order chi connectivity index (χ1) is 14.8. The first-order valence-corrected chi connectivity index (χ1v) is 12.1. The molecule has 1 aliphatic heterocycles. The zero-order valence-corrected chi connectivity index (χ0v) is 18.8. The van der Waals surface area contributed by atoms with Gasteiger partial charge >= 0.3 is 23.9 Å². The van der Waals surface area contributed by atoms with Gasteiger partial charge in [-0.05, 0) is 0 Å². The molecule has 0 saturated carbocycles. The van der Waals surface area contributed by atoms with Crippen LogP contribution in [-0.4, -0.2) is 153 Å². The fourth-order valence-corrected chi connectivity index (χ4v) is 4.76. The lowest BCUT2D eigenvalue weighted by atomic mass is 10.3. The summed E-state index contributed by atoms with van der Waals surface area (Å²) in [6, 6.07) is 0. The summed E-state index contributed by atoms with van der Waals surface area (Å²) in [5.74, 6) is -6.57. The van der Waals surface area contributed by atoms with Crippen molar-refractivity contribution in [1.82, 2.24) is 19.6 Å². The second-order valence-electron chi connectivity index (χ2n) is 7.70. The average molecular weight is 482 g/mol. The number of carbonyl (C=O) groups is 4. The van der Waals surface area contributed by atoms with Crippen molar-refractivity contribution in [3.05, 3.63) is 0 Å². The van der Waals surface area contributed by atoms with Gasteiger partial charge in [-0.15, -0.1) is 0 Å². The molecule has 32 heavy (non-hydrogen) atoms. The molecule has 1 saturated heterocycles. The Morgan fingerprint density at radius 3 is 1.19 bits per heavy atom. The maximum absolute atomic E-state index is 12.3. The van der Waals surface area contributed by atoms with Gasteiger partial charge in [-0.1, -0.05) is 0 Å². The van der Waals surface area contributed by atoms with Crippen molar-refractivity contribution in [2.24, 2.45) is 0 Å². The molecule has 2 atom stereocenters. The van der Waals surface area contributed by atoms with Crippen molar-refractivity contribution in [1.29, 1.82) is 0 Å². The Morgan fingerprint density at radius 2 is 0.969 bits per heavy atom. The molecule has 14 nitrogen and oxygen atoms in total. The molecule has 0 radical (unpaired) electrons. The molecule has 0 aromatic carbocycles. The summed E-state index contributed by atoms with van der Waals surface area (Å²) in [4.78, 5) is 61.2. The molecule has 1 fully saturated rings. The maximum Gasteiger partial charge on any atom is 0.331 e. The minimum absolute atomic E-state index is 0.0515. The Hall–Kier alpha value is -2.09. The number of hydrogen-bond acceptors (Lipinski definition) is 9. The average Bonchev–Trinajstić information content (AvgIpc) is 2.61. The number of carboxylic acids is 4. The molecule has 0 aliphatic carbocycles. The highest BCUT2D eigenvalue weighted by atomic mass is 31.2. The van der Waals surface area contributed by atoms with E-state index in [1.807, 2.05) is 0 Å². The lowest BCUT2D eigenvalue weighted by Gasteiger charge is -2.35. The molecule has 0 aromatic rings. The summed E-state index contributed by atoms with van der Waals surface area (Å²) in [6.45, 7) is 0.566. The molecular formula is C17H31N4O10P. The van der Waals surface area contributed by atoms with E-state index in [9.17, 15) is 44.0 Å². The van der Waals surface area contributed by atoms with E-state index in [0.717, 1.165) is 6.66 Å². The van der Waals surface area contributed by atoms with Gasteiger partial charge in [0.1, 0.15) is 0 Å². The van der Waals surface area contributed by atoms with Crippen molar-refractivity contribution in [3.8, 4) is 0 Å². The quantitative estimate of drug-likeness (QED) is 0.221. The fourth-order valence-electron chi connectivity index (χ4n) is 3.51. The SMILES string of the molecule is CP(=O)(O)C(C(=O)O)N1CCN(CC(=O)O)CCN(CC(=O)O)CCN(CC(=O)O)CC1. The molecule has 0 bridgehead atoms. The summed E-state index contributed by atoms with van der Waals surface area (Å²) in [6.07, 6.45) is 0. The van der Waals surface area contributed by atoms with Crippen molar-refractivity contribution in [3.63, 3.8) is 0 Å². The molecule has 184 valence electrons. The summed E-state index contributed by atoms with van der Waals surface area (Å²) >= 11 is 0. The molecule has 15 heteroatoms. The van der Waals surface area contributed by atoms with E-state index in [-0.39, 0.29) is 72.0 Å². The highest BCUT2D eigenvalue weighted by molar-refractivity contribution is 7.58. The molecular weight excluding hydrogens is 451 g/mol. The maximum atomic E-state index is 12.3. The zero-order chi connectivity index (χ0) is 24.5. The van der Waals surface area contributed by atoms with Crippen molar-refractivity contribution in [2.45, 2.75) is 5.78 Å². The van der Waals surface area contributed by atoms with Crippen molar-refractivity contribution >= 4 is 31.2 Å². The molecule has 1 aliphatic rings. The Labute approximate surface area is 185 Å². The van der Waals surface area contributed by atoms with E-state index < -0.39 is 37.0 Å². The Morgan fingerprint density at radius 1 is 0.688 bits per heavy atom. The molecule has 0 spiro atoms. The molecule has 5 N–H and O–H groups in total. The monoisotopic (exact) mass is 482 g/mol. The third-order valence-electron chi connectivity index (χ3n) is 4.97. The number of rotatable bonds is 9. The minimum Gasteiger partial charge on any atom is -0.480 e. The lowest BCUT2D eigenvalue weighted by molar-refractivity contribution is -0.142. The van der Waals surface area contributed by atoms with Gasteiger partial charge in [0.05, 0.1) is 19.6 Å². The van der Waals surface area contributed by atoms with Crippen LogP contribution in [0.5, 0.6) is 0 Å². The Balaban J connectivity index is 3.18. The van der Waals surface area contributed by atoms with Gasteiger partial charge in [0, 0.05) is 59.0 Å². The predicted octanol–water partition coefficient (Wildman–Crippen LogP) is -2.23. The normalized spacial score (nSPS) is 21.6. The number of nitrogens with zero attached hydrogens (tertiary/aromatic N) is 4. The van der Waals surface area contributed by atoms with Crippen LogP contribution < -0.4 is 0 Å². The Kier molecular flexibility index (Phi) is 11.2. The summed E-state index contributed by atoms with van der Waals surface area (Å²) in [5.41, 5.74) is 0. The van der Waals surface area contributed by atoms with Gasteiger partial charge in [-0.25, -0.2) is 4.79 Å². The van der Waals surface area contributed by atoms with Gasteiger partial charge in [-0.3, -0.25) is 38.5 Å². The summed E-state index contributed by atoms with van der Waals surface area (Å²) < 4.78 is 12.3. The second kappa shape index (κ2) is 12.8. The molecule has 0 aromatic heterocycles. The van der Waals surface area contributed by atoms with Crippen LogP contribution in [0.2, 0.25) is 0 Å². The molecule has 1 rings (SSSR count). The first-order valence-electron chi connectivity index (χ1n) is 9.88. The summed E-state index contributed by atoms with van der Waals surface area (Å²) in [7, 11) is -4.12. The van der Waals surface area contributed by atoms with E-state index in [1.165, 1.54) is 14.7 Å². The van der Waals surface area contributed by atoms with E-state index in [1.54, 1.807) is 4.90 Å². The predicted molar refractivity (Wildman–Crippen MR) is 111 cm³/mol. The van der Waals surface area contributed by atoms with Crippen LogP contribution in [0.4, 0.5) is 0 Å². The van der Waals surface area contributed by atoms with Gasteiger partial charge in [0.2, 0.25) is 7.37 Å². The van der Waals surface area contributed by atoms with Gasteiger partial charge in [0.15, 0.2) is 5.78 Å². The van der Waals surface area contributed by atoms with Gasteiger partial charge in [-0.2, -0.15) is 0 Å². The zero-order valence-electron chi connectivity index (χ0n) is 17.9. The van der Waals surface area contributed by atoms with E-state index in [0.29, 0.717) is 0 Å². The fraction of sp³-hybridized carbons (Fsp3) is 0.765. The van der Waals surface area contributed by atoms with Crippen LogP contribution in [0.1, 0.15) is 0 Å². The highest BCUT2D eigenvalue weighted by Crippen LogP contribution is 2.43. The van der Waals surface area contributed by atoms with Crippen LogP contribution in [0.15, 0.2) is 0 Å². The third-order valence-corrected chi connectivity index (χ3v) is 6.42. The van der Waals surface area contributed by atoms with Crippen molar-refractivity contribution < 1.29 is 49.1 Å². The van der Waals surface area contributed by atoms with Crippen LogP contribution in [0, 0.1) is 0 Å². The highest BCUT2D eigenvalue weighted by Gasteiger charge is 2.38. The largest absolute Gasteiger partial charge is 0.480 e. The van der Waals surface area contributed by atoms with Crippen LogP contribution in [0.3, 0.4) is 0 Å². The number of carboxylic acid groups (broad SMARTS) is 4. The number of hydrogen-bond donors (Lipinski definition) is 5. The molecule has 0 amide bonds. The smallest absolute Gasteiger partial charge is 0.331 e. The summed E-state index contributed by atoms with van der Waals surface area (Å²) in [5, 5.41) is 37.0. The topological polar surface area (TPSA) is 199 Å². The molecule has 2 unspecified atom stereocenters. The third kappa shape index (κ3) is 10.5. The lowest BCUT2D eigenvalue weighted by Crippen LogP contribution is -2.51. The first kappa shape index (κ1) is 27.9. The van der Waals surface area contributed by atoms with E-state index in [2.05, 4.69) is 0 Å².